The molecule has 0 aliphatic carbocycles. The number of nitrogens with one attached hydrogen (secondary N) is 1. The maximum atomic E-state index is 12.1. The van der Waals surface area contributed by atoms with Crippen molar-refractivity contribution in [3.05, 3.63) is 34.5 Å². The monoisotopic (exact) mass is 295 g/mol. The molecule has 1 amide bonds. The van der Waals surface area contributed by atoms with Crippen LogP contribution in [-0.4, -0.2) is 23.7 Å². The number of amides is 1. The van der Waals surface area contributed by atoms with Crippen LogP contribution in [0, 0.1) is 6.92 Å². The van der Waals surface area contributed by atoms with E-state index in [9.17, 15) is 9.90 Å². The summed E-state index contributed by atoms with van der Waals surface area (Å²) in [7, 11) is 0. The third-order valence-corrected chi connectivity index (χ3v) is 3.54. The molecule has 1 aromatic heterocycles. The predicted octanol–water partition coefficient (Wildman–Crippen LogP) is 3.29. The van der Waals surface area contributed by atoms with E-state index in [-0.39, 0.29) is 18.2 Å². The molecule has 5 heteroatoms. The molecule has 1 heterocycles. The van der Waals surface area contributed by atoms with Gasteiger partial charge < -0.3 is 14.8 Å². The quantitative estimate of drug-likeness (QED) is 0.890. The van der Waals surface area contributed by atoms with Crippen molar-refractivity contribution in [1.29, 1.82) is 0 Å². The first kappa shape index (κ1) is 14.9. The van der Waals surface area contributed by atoms with E-state index >= 15 is 0 Å². The van der Waals surface area contributed by atoms with Crippen LogP contribution in [0.1, 0.15) is 35.9 Å². The number of carbonyl (C=O) groups is 1. The number of hydrogen-bond acceptors (Lipinski definition) is 3. The number of aliphatic hydroxyl groups is 1. The van der Waals surface area contributed by atoms with Crippen LogP contribution < -0.4 is 5.32 Å². The average molecular weight is 296 g/mol. The van der Waals surface area contributed by atoms with E-state index in [0.29, 0.717) is 17.0 Å². The number of furan rings is 1. The van der Waals surface area contributed by atoms with Crippen LogP contribution in [0.2, 0.25) is 5.02 Å². The maximum Gasteiger partial charge on any atom is 0.287 e. The Kier molecular flexibility index (Phi) is 4.68. The molecule has 0 aliphatic heterocycles. The lowest BCUT2D eigenvalue weighted by molar-refractivity contribution is 0.0884. The Labute approximate surface area is 122 Å². The van der Waals surface area contributed by atoms with Gasteiger partial charge in [-0.05, 0) is 19.4 Å². The SMILES string of the molecule is CCCC(O)CNC(=O)c1oc2c(Cl)cccc2c1C. The number of aryl methyl sites for hydroxylation is 1. The molecular formula is C15H18ClNO3. The predicted molar refractivity (Wildman–Crippen MR) is 79.2 cm³/mol. The third kappa shape index (κ3) is 2.97. The van der Waals surface area contributed by atoms with E-state index in [0.717, 1.165) is 17.4 Å². The number of carbonyl (C=O) groups excluding carboxylic acids is 1. The van der Waals surface area contributed by atoms with Gasteiger partial charge in [0.2, 0.25) is 0 Å². The fourth-order valence-corrected chi connectivity index (χ4v) is 2.36. The van der Waals surface area contributed by atoms with Crippen molar-refractivity contribution >= 4 is 28.5 Å². The topological polar surface area (TPSA) is 62.5 Å². The van der Waals surface area contributed by atoms with E-state index in [1.807, 2.05) is 26.0 Å². The van der Waals surface area contributed by atoms with Gasteiger partial charge in [0, 0.05) is 17.5 Å². The molecule has 2 aromatic rings. The summed E-state index contributed by atoms with van der Waals surface area (Å²) >= 11 is 6.05. The number of para-hydroxylation sites is 1. The van der Waals surface area contributed by atoms with Gasteiger partial charge in [0.25, 0.3) is 5.91 Å². The summed E-state index contributed by atoms with van der Waals surface area (Å²) < 4.78 is 5.56. The van der Waals surface area contributed by atoms with E-state index in [2.05, 4.69) is 5.32 Å². The molecule has 0 bridgehead atoms. The number of benzene rings is 1. The van der Waals surface area contributed by atoms with Crippen molar-refractivity contribution in [2.24, 2.45) is 0 Å². The summed E-state index contributed by atoms with van der Waals surface area (Å²) in [6, 6.07) is 5.40. The summed E-state index contributed by atoms with van der Waals surface area (Å²) in [5.41, 5.74) is 1.27. The summed E-state index contributed by atoms with van der Waals surface area (Å²) in [5.74, 6) is -0.0817. The highest BCUT2D eigenvalue weighted by Gasteiger charge is 2.19. The van der Waals surface area contributed by atoms with E-state index in [1.54, 1.807) is 6.07 Å². The third-order valence-electron chi connectivity index (χ3n) is 3.24. The Bertz CT molecular complexity index is 621. The minimum atomic E-state index is -0.530. The largest absolute Gasteiger partial charge is 0.449 e. The Morgan fingerprint density at radius 1 is 1.50 bits per heavy atom. The zero-order valence-corrected chi connectivity index (χ0v) is 12.3. The van der Waals surface area contributed by atoms with Gasteiger partial charge in [-0.25, -0.2) is 0 Å². The van der Waals surface area contributed by atoms with Crippen molar-refractivity contribution in [3.63, 3.8) is 0 Å². The minimum absolute atomic E-state index is 0.219. The highest BCUT2D eigenvalue weighted by molar-refractivity contribution is 6.35. The Morgan fingerprint density at radius 2 is 2.25 bits per heavy atom. The van der Waals surface area contributed by atoms with E-state index in [1.165, 1.54) is 0 Å². The average Bonchev–Trinajstić information content (AvgIpc) is 2.76. The van der Waals surface area contributed by atoms with Gasteiger partial charge in [-0.1, -0.05) is 37.1 Å². The lowest BCUT2D eigenvalue weighted by atomic mass is 10.1. The van der Waals surface area contributed by atoms with Crippen molar-refractivity contribution in [2.75, 3.05) is 6.54 Å². The van der Waals surface area contributed by atoms with Gasteiger partial charge in [-0.15, -0.1) is 0 Å². The first-order chi connectivity index (χ1) is 9.54. The fraction of sp³-hybridized carbons (Fsp3) is 0.400. The molecule has 1 unspecified atom stereocenters. The lowest BCUT2D eigenvalue weighted by Gasteiger charge is -2.09. The fourth-order valence-electron chi connectivity index (χ4n) is 2.15. The molecule has 0 spiro atoms. The van der Waals surface area contributed by atoms with Crippen molar-refractivity contribution < 1.29 is 14.3 Å². The smallest absolute Gasteiger partial charge is 0.287 e. The maximum absolute atomic E-state index is 12.1. The van der Waals surface area contributed by atoms with Crippen LogP contribution in [0.5, 0.6) is 0 Å². The number of halogens is 1. The highest BCUT2D eigenvalue weighted by atomic mass is 35.5. The van der Waals surface area contributed by atoms with Gasteiger partial charge in [0.05, 0.1) is 11.1 Å². The first-order valence-electron chi connectivity index (χ1n) is 6.68. The molecule has 108 valence electrons. The molecule has 0 saturated heterocycles. The van der Waals surface area contributed by atoms with Crippen LogP contribution in [-0.2, 0) is 0 Å². The van der Waals surface area contributed by atoms with Crippen LogP contribution in [0.15, 0.2) is 22.6 Å². The minimum Gasteiger partial charge on any atom is -0.449 e. The lowest BCUT2D eigenvalue weighted by Crippen LogP contribution is -2.32. The number of aliphatic hydroxyl groups excluding tert-OH is 1. The molecule has 0 aliphatic rings. The molecule has 20 heavy (non-hydrogen) atoms. The second kappa shape index (κ2) is 6.29. The summed E-state index contributed by atoms with van der Waals surface area (Å²) in [4.78, 5) is 12.1. The summed E-state index contributed by atoms with van der Waals surface area (Å²) in [6.45, 7) is 4.02. The molecule has 0 fully saturated rings. The summed E-state index contributed by atoms with van der Waals surface area (Å²) in [5, 5.41) is 13.6. The zero-order chi connectivity index (χ0) is 14.7. The van der Waals surface area contributed by atoms with E-state index < -0.39 is 6.10 Å². The highest BCUT2D eigenvalue weighted by Crippen LogP contribution is 2.30. The molecule has 1 atom stereocenters. The van der Waals surface area contributed by atoms with Gasteiger partial charge >= 0.3 is 0 Å². The van der Waals surface area contributed by atoms with Crippen LogP contribution >= 0.6 is 11.6 Å². The Morgan fingerprint density at radius 3 is 2.90 bits per heavy atom. The molecule has 2 rings (SSSR count). The number of rotatable bonds is 5. The van der Waals surface area contributed by atoms with Crippen molar-refractivity contribution in [1.82, 2.24) is 5.32 Å². The normalized spacial score (nSPS) is 12.6. The molecule has 2 N–H and O–H groups in total. The van der Waals surface area contributed by atoms with Gasteiger partial charge in [0.1, 0.15) is 0 Å². The van der Waals surface area contributed by atoms with Gasteiger partial charge in [0.15, 0.2) is 11.3 Å². The summed E-state index contributed by atoms with van der Waals surface area (Å²) in [6.07, 6.45) is 0.999. The van der Waals surface area contributed by atoms with Crippen molar-refractivity contribution in [3.8, 4) is 0 Å². The van der Waals surface area contributed by atoms with Crippen LogP contribution in [0.25, 0.3) is 11.0 Å². The second-order valence-electron chi connectivity index (χ2n) is 4.83. The first-order valence-corrected chi connectivity index (χ1v) is 7.06. The number of hydrogen-bond donors (Lipinski definition) is 2. The van der Waals surface area contributed by atoms with E-state index in [4.69, 9.17) is 16.0 Å². The second-order valence-corrected chi connectivity index (χ2v) is 5.23. The van der Waals surface area contributed by atoms with Crippen LogP contribution in [0.3, 0.4) is 0 Å². The van der Waals surface area contributed by atoms with Gasteiger partial charge in [-0.2, -0.15) is 0 Å². The molecule has 4 nitrogen and oxygen atoms in total. The molecule has 1 aromatic carbocycles. The Balaban J connectivity index is 2.18. The molecule has 0 saturated carbocycles. The van der Waals surface area contributed by atoms with Gasteiger partial charge in [-0.3, -0.25) is 4.79 Å². The zero-order valence-electron chi connectivity index (χ0n) is 11.6. The molecule has 0 radical (unpaired) electrons. The molecular weight excluding hydrogens is 278 g/mol. The van der Waals surface area contributed by atoms with Crippen LogP contribution in [0.4, 0.5) is 0 Å². The standard InChI is InChI=1S/C15H18ClNO3/c1-3-5-10(18)8-17-15(19)13-9(2)11-6-4-7-12(16)14(11)20-13/h4,6-7,10,18H,3,5,8H2,1-2H3,(H,17,19). The van der Waals surface area contributed by atoms with Crippen molar-refractivity contribution in [2.45, 2.75) is 32.8 Å². The number of fused-ring (bicyclic) bond motifs is 1. The Hall–Kier alpha value is -1.52.